The third-order valence-electron chi connectivity index (χ3n) is 2.88. The van der Waals surface area contributed by atoms with E-state index in [2.05, 4.69) is 20.6 Å². The van der Waals surface area contributed by atoms with Gasteiger partial charge in [-0.1, -0.05) is 11.6 Å². The number of aliphatic hydroxyl groups excluding tert-OH is 1. The molecule has 0 aliphatic heterocycles. The maximum atomic E-state index is 13.0. The normalized spacial score (nSPS) is 12.8. The molecule has 0 amide bonds. The Morgan fingerprint density at radius 3 is 2.54 bits per heavy atom. The van der Waals surface area contributed by atoms with Crippen LogP contribution in [-0.4, -0.2) is 32.8 Å². The molecule has 0 bridgehead atoms. The first-order valence-electron chi connectivity index (χ1n) is 6.78. The Morgan fingerprint density at radius 2 is 1.96 bits per heavy atom. The number of hydrogen-bond acceptors (Lipinski definition) is 6. The maximum Gasteiger partial charge on any atom is 0.433 e. The lowest BCUT2D eigenvalue weighted by Gasteiger charge is -2.15. The summed E-state index contributed by atoms with van der Waals surface area (Å²) in [7, 11) is 0. The number of anilines is 3. The highest BCUT2D eigenvalue weighted by molar-refractivity contribution is 6.33. The quantitative estimate of drug-likeness (QED) is 0.610. The molecule has 0 fully saturated rings. The van der Waals surface area contributed by atoms with E-state index in [9.17, 15) is 18.3 Å². The Bertz CT molecular complexity index is 728. The number of nitrogens with one attached hydrogen (secondary N) is 2. The van der Waals surface area contributed by atoms with Crippen molar-refractivity contribution in [2.75, 3.05) is 17.2 Å². The summed E-state index contributed by atoms with van der Waals surface area (Å²) in [6, 6.07) is 4.17. The predicted molar refractivity (Wildman–Crippen MR) is 83.6 cm³/mol. The second-order valence-electron chi connectivity index (χ2n) is 4.98. The SMILES string of the molecule is C[C@@H](CO)Nc1nc(Nc2ccc(O)cc2Cl)cc(C(F)(F)F)n1. The number of rotatable bonds is 5. The third kappa shape index (κ3) is 4.62. The van der Waals surface area contributed by atoms with E-state index < -0.39 is 17.9 Å². The molecular formula is C14H14ClF3N4O2. The summed E-state index contributed by atoms with van der Waals surface area (Å²) in [5.41, 5.74) is -0.884. The van der Waals surface area contributed by atoms with Gasteiger partial charge in [0.1, 0.15) is 11.6 Å². The van der Waals surface area contributed by atoms with Crippen LogP contribution in [0.25, 0.3) is 0 Å². The predicted octanol–water partition coefficient (Wildman–Crippen LogP) is 3.39. The van der Waals surface area contributed by atoms with Crippen molar-refractivity contribution in [3.05, 3.63) is 35.0 Å². The molecule has 0 spiro atoms. The number of benzene rings is 1. The Hall–Kier alpha value is -2.26. The Balaban J connectivity index is 2.38. The van der Waals surface area contributed by atoms with Gasteiger partial charge in [0, 0.05) is 18.2 Å². The summed E-state index contributed by atoms with van der Waals surface area (Å²) < 4.78 is 39.0. The molecule has 10 heteroatoms. The number of aliphatic hydroxyl groups is 1. The van der Waals surface area contributed by atoms with Crippen LogP contribution in [0, 0.1) is 0 Å². The molecule has 1 heterocycles. The highest BCUT2D eigenvalue weighted by Crippen LogP contribution is 2.32. The van der Waals surface area contributed by atoms with E-state index >= 15 is 0 Å². The standard InChI is InChI=1S/C14H14ClF3N4O2/c1-7(6-23)19-13-21-11(14(16,17)18)5-12(22-13)20-10-3-2-8(24)4-9(10)15/h2-5,7,23-24H,6H2,1H3,(H2,19,20,21,22)/t7-/m0/s1. The molecular weight excluding hydrogens is 349 g/mol. The number of halogens is 4. The largest absolute Gasteiger partial charge is 0.508 e. The average molecular weight is 363 g/mol. The van der Waals surface area contributed by atoms with E-state index in [0.29, 0.717) is 0 Å². The molecule has 6 nitrogen and oxygen atoms in total. The van der Waals surface area contributed by atoms with Crippen molar-refractivity contribution in [3.63, 3.8) is 0 Å². The molecule has 0 saturated carbocycles. The Kier molecular flexibility index (Phi) is 5.35. The van der Waals surface area contributed by atoms with Gasteiger partial charge in [-0.15, -0.1) is 0 Å². The van der Waals surface area contributed by atoms with Gasteiger partial charge in [0.2, 0.25) is 5.95 Å². The molecule has 1 aromatic carbocycles. The minimum Gasteiger partial charge on any atom is -0.508 e. The lowest BCUT2D eigenvalue weighted by Crippen LogP contribution is -2.22. The van der Waals surface area contributed by atoms with Crippen molar-refractivity contribution < 1.29 is 23.4 Å². The summed E-state index contributed by atoms with van der Waals surface area (Å²) in [5.74, 6) is -0.510. The molecule has 1 atom stereocenters. The second-order valence-corrected chi connectivity index (χ2v) is 5.38. The zero-order valence-corrected chi connectivity index (χ0v) is 13.2. The molecule has 2 rings (SSSR count). The van der Waals surface area contributed by atoms with E-state index in [0.717, 1.165) is 6.07 Å². The first-order chi connectivity index (χ1) is 11.2. The van der Waals surface area contributed by atoms with Crippen LogP contribution in [0.4, 0.5) is 30.6 Å². The highest BCUT2D eigenvalue weighted by Gasteiger charge is 2.34. The third-order valence-corrected chi connectivity index (χ3v) is 3.19. The number of aromatic nitrogens is 2. The summed E-state index contributed by atoms with van der Waals surface area (Å²) in [5, 5.41) is 23.6. The number of phenolic OH excluding ortho intramolecular Hbond substituents is 1. The maximum absolute atomic E-state index is 13.0. The van der Waals surface area contributed by atoms with Gasteiger partial charge < -0.3 is 20.8 Å². The minimum absolute atomic E-state index is 0.0802. The van der Waals surface area contributed by atoms with Crippen LogP contribution < -0.4 is 10.6 Å². The number of nitrogens with zero attached hydrogens (tertiary/aromatic N) is 2. The van der Waals surface area contributed by atoms with Crippen molar-refractivity contribution in [2.45, 2.75) is 19.1 Å². The Labute approximate surface area is 140 Å². The van der Waals surface area contributed by atoms with Gasteiger partial charge in [-0.3, -0.25) is 0 Å². The fourth-order valence-corrected chi connectivity index (χ4v) is 1.95. The fraction of sp³-hybridized carbons (Fsp3) is 0.286. The average Bonchev–Trinajstić information content (AvgIpc) is 2.49. The monoisotopic (exact) mass is 362 g/mol. The van der Waals surface area contributed by atoms with Crippen molar-refractivity contribution in [1.82, 2.24) is 9.97 Å². The first-order valence-corrected chi connectivity index (χ1v) is 7.16. The number of alkyl halides is 3. The number of hydrogen-bond donors (Lipinski definition) is 4. The fourth-order valence-electron chi connectivity index (χ4n) is 1.73. The molecule has 0 saturated heterocycles. The topological polar surface area (TPSA) is 90.3 Å². The van der Waals surface area contributed by atoms with E-state index in [1.807, 2.05) is 0 Å². The van der Waals surface area contributed by atoms with Crippen LogP contribution >= 0.6 is 11.6 Å². The first kappa shape index (κ1) is 18.1. The molecule has 24 heavy (non-hydrogen) atoms. The van der Waals surface area contributed by atoms with Gasteiger partial charge in [-0.2, -0.15) is 18.2 Å². The molecule has 1 aromatic heterocycles. The zero-order chi connectivity index (χ0) is 17.9. The van der Waals surface area contributed by atoms with Crippen LogP contribution in [-0.2, 0) is 6.18 Å². The van der Waals surface area contributed by atoms with Crippen molar-refractivity contribution in [2.24, 2.45) is 0 Å². The van der Waals surface area contributed by atoms with Crippen molar-refractivity contribution >= 4 is 29.1 Å². The molecule has 0 radical (unpaired) electrons. The molecule has 0 aliphatic carbocycles. The molecule has 0 unspecified atom stereocenters. The Morgan fingerprint density at radius 1 is 1.25 bits per heavy atom. The van der Waals surface area contributed by atoms with E-state index in [1.165, 1.54) is 18.2 Å². The molecule has 4 N–H and O–H groups in total. The lowest BCUT2D eigenvalue weighted by molar-refractivity contribution is -0.141. The van der Waals surface area contributed by atoms with Gasteiger partial charge in [0.05, 0.1) is 17.3 Å². The summed E-state index contributed by atoms with van der Waals surface area (Å²) >= 11 is 5.92. The van der Waals surface area contributed by atoms with E-state index in [-0.39, 0.29) is 34.8 Å². The van der Waals surface area contributed by atoms with Gasteiger partial charge in [0.15, 0.2) is 5.69 Å². The van der Waals surface area contributed by atoms with Crippen LogP contribution in [0.5, 0.6) is 5.75 Å². The van der Waals surface area contributed by atoms with Crippen LogP contribution in [0.2, 0.25) is 5.02 Å². The number of aromatic hydroxyl groups is 1. The van der Waals surface area contributed by atoms with Crippen molar-refractivity contribution in [3.8, 4) is 5.75 Å². The highest BCUT2D eigenvalue weighted by atomic mass is 35.5. The van der Waals surface area contributed by atoms with Crippen LogP contribution in [0.3, 0.4) is 0 Å². The molecule has 0 aliphatic rings. The summed E-state index contributed by atoms with van der Waals surface area (Å²) in [6.45, 7) is 1.26. The number of phenols is 1. The molecule has 2 aromatic rings. The van der Waals surface area contributed by atoms with Crippen molar-refractivity contribution in [1.29, 1.82) is 0 Å². The minimum atomic E-state index is -4.67. The zero-order valence-electron chi connectivity index (χ0n) is 12.4. The summed E-state index contributed by atoms with van der Waals surface area (Å²) in [4.78, 5) is 7.33. The second kappa shape index (κ2) is 7.10. The van der Waals surface area contributed by atoms with E-state index in [1.54, 1.807) is 6.92 Å². The summed E-state index contributed by atoms with van der Waals surface area (Å²) in [6.07, 6.45) is -4.67. The van der Waals surface area contributed by atoms with Gasteiger partial charge in [-0.05, 0) is 19.1 Å². The van der Waals surface area contributed by atoms with Gasteiger partial charge in [0.25, 0.3) is 0 Å². The van der Waals surface area contributed by atoms with Crippen LogP contribution in [0.1, 0.15) is 12.6 Å². The smallest absolute Gasteiger partial charge is 0.433 e. The molecule has 130 valence electrons. The van der Waals surface area contributed by atoms with E-state index in [4.69, 9.17) is 16.7 Å². The van der Waals surface area contributed by atoms with Crippen LogP contribution in [0.15, 0.2) is 24.3 Å². The lowest BCUT2D eigenvalue weighted by atomic mass is 10.3. The van der Waals surface area contributed by atoms with Gasteiger partial charge in [-0.25, -0.2) is 4.98 Å². The van der Waals surface area contributed by atoms with Gasteiger partial charge >= 0.3 is 6.18 Å².